The lowest BCUT2D eigenvalue weighted by molar-refractivity contribution is -0.136. The Morgan fingerprint density at radius 2 is 1.76 bits per heavy atom. The number of hydrogen-bond donors (Lipinski definition) is 0. The Labute approximate surface area is 198 Å². The van der Waals surface area contributed by atoms with Gasteiger partial charge >= 0.3 is 11.7 Å². The van der Waals surface area contributed by atoms with Crippen LogP contribution in [-0.2, 0) is 23.6 Å². The van der Waals surface area contributed by atoms with Crippen molar-refractivity contribution in [1.82, 2.24) is 13.7 Å². The number of imidazole rings is 1. The van der Waals surface area contributed by atoms with Crippen LogP contribution >= 0.6 is 11.3 Å². The minimum absolute atomic E-state index is 0.111. The highest BCUT2D eigenvalue weighted by molar-refractivity contribution is 7.07. The lowest BCUT2D eigenvalue weighted by atomic mass is 9.96. The van der Waals surface area contributed by atoms with Crippen molar-refractivity contribution in [2.75, 3.05) is 7.11 Å². The quantitative estimate of drug-likeness (QED) is 0.422. The van der Waals surface area contributed by atoms with Gasteiger partial charge in [0.05, 0.1) is 40.0 Å². The van der Waals surface area contributed by atoms with Crippen molar-refractivity contribution in [2.24, 2.45) is 19.1 Å². The fraction of sp³-hybridized carbons (Fsp3) is 0.200. The minimum atomic E-state index is -0.635. The molecule has 3 heterocycles. The molecule has 0 spiro atoms. The molecule has 1 aliphatic heterocycles. The maximum absolute atomic E-state index is 13.6. The molecule has 0 radical (unpaired) electrons. The molecule has 2 aromatic heterocycles. The molecule has 9 heteroatoms. The van der Waals surface area contributed by atoms with E-state index < -0.39 is 12.0 Å². The standard InChI is InChI=1S/C25H22N4O4S/c1-14-20(23(31)33-4)21(16-8-6-5-7-9-16)29-22(30)19(34-24(29)26-14)13-15-10-11-17-18(12-15)28(3)25(32)27(17)2/h5-13,21H,1-4H3. The van der Waals surface area contributed by atoms with Gasteiger partial charge in [0.2, 0.25) is 0 Å². The van der Waals surface area contributed by atoms with Gasteiger partial charge in [0.15, 0.2) is 4.80 Å². The molecule has 2 aromatic carbocycles. The van der Waals surface area contributed by atoms with Gasteiger partial charge in [-0.15, -0.1) is 0 Å². The number of benzene rings is 2. The third kappa shape index (κ3) is 3.28. The number of aryl methyl sites for hydroxylation is 2. The zero-order valence-corrected chi connectivity index (χ0v) is 19.9. The third-order valence-corrected chi connectivity index (χ3v) is 7.12. The van der Waals surface area contributed by atoms with Crippen LogP contribution in [0.25, 0.3) is 17.1 Å². The number of hydrogen-bond acceptors (Lipinski definition) is 6. The van der Waals surface area contributed by atoms with Gasteiger partial charge in [-0.05, 0) is 36.3 Å². The van der Waals surface area contributed by atoms with Gasteiger partial charge in [0.1, 0.15) is 0 Å². The number of fused-ring (bicyclic) bond motifs is 2. The normalized spacial score (nSPS) is 16.0. The highest BCUT2D eigenvalue weighted by Crippen LogP contribution is 2.30. The van der Waals surface area contributed by atoms with Crippen LogP contribution < -0.4 is 20.6 Å². The number of allylic oxidation sites excluding steroid dienone is 1. The summed E-state index contributed by atoms with van der Waals surface area (Å²) < 4.78 is 10.2. The summed E-state index contributed by atoms with van der Waals surface area (Å²) in [6.07, 6.45) is 1.79. The van der Waals surface area contributed by atoms with E-state index in [4.69, 9.17) is 4.74 Å². The molecule has 1 aliphatic rings. The molecule has 0 bridgehead atoms. The van der Waals surface area contributed by atoms with Crippen molar-refractivity contribution < 1.29 is 9.53 Å². The molecule has 4 aromatic rings. The first-order valence-electron chi connectivity index (χ1n) is 10.6. The van der Waals surface area contributed by atoms with Gasteiger partial charge in [-0.2, -0.15) is 0 Å². The van der Waals surface area contributed by atoms with Crippen LogP contribution in [-0.4, -0.2) is 26.8 Å². The fourth-order valence-electron chi connectivity index (χ4n) is 4.41. The zero-order chi connectivity index (χ0) is 24.1. The van der Waals surface area contributed by atoms with Crippen LogP contribution in [0.5, 0.6) is 0 Å². The number of aromatic nitrogens is 3. The molecule has 0 saturated heterocycles. The summed E-state index contributed by atoms with van der Waals surface area (Å²) in [6, 6.07) is 14.4. The SMILES string of the molecule is COC(=O)C1=C(C)N=c2sc(=Cc3ccc4c(c3)n(C)c(=O)n4C)c(=O)n2C1c1ccccc1. The van der Waals surface area contributed by atoms with Crippen molar-refractivity contribution in [2.45, 2.75) is 13.0 Å². The average molecular weight is 475 g/mol. The van der Waals surface area contributed by atoms with E-state index in [1.807, 2.05) is 48.5 Å². The first-order chi connectivity index (χ1) is 16.3. The third-order valence-electron chi connectivity index (χ3n) is 6.14. The number of nitrogens with zero attached hydrogens (tertiary/aromatic N) is 4. The number of carbonyl (C=O) groups excluding carboxylic acids is 1. The smallest absolute Gasteiger partial charge is 0.338 e. The van der Waals surface area contributed by atoms with E-state index in [0.29, 0.717) is 20.6 Å². The van der Waals surface area contributed by atoms with Crippen molar-refractivity contribution in [3.05, 3.63) is 101 Å². The average Bonchev–Trinajstić information content (AvgIpc) is 3.26. The molecule has 172 valence electrons. The van der Waals surface area contributed by atoms with Crippen LogP contribution in [0.2, 0.25) is 0 Å². The summed E-state index contributed by atoms with van der Waals surface area (Å²) in [6.45, 7) is 1.75. The summed E-state index contributed by atoms with van der Waals surface area (Å²) in [4.78, 5) is 43.6. The second-order valence-corrected chi connectivity index (χ2v) is 9.14. The van der Waals surface area contributed by atoms with Crippen LogP contribution in [0.1, 0.15) is 24.1 Å². The van der Waals surface area contributed by atoms with E-state index >= 15 is 0 Å². The molecule has 0 amide bonds. The molecule has 1 unspecified atom stereocenters. The lowest BCUT2D eigenvalue weighted by Gasteiger charge is -2.24. The Hall–Kier alpha value is -3.98. The van der Waals surface area contributed by atoms with E-state index in [9.17, 15) is 14.4 Å². The largest absolute Gasteiger partial charge is 0.466 e. The van der Waals surface area contributed by atoms with Crippen LogP contribution in [0.15, 0.2) is 74.4 Å². The number of carbonyl (C=O) groups is 1. The molecular weight excluding hydrogens is 452 g/mol. The zero-order valence-electron chi connectivity index (χ0n) is 19.1. The van der Waals surface area contributed by atoms with Crippen LogP contribution in [0.4, 0.5) is 0 Å². The molecule has 34 heavy (non-hydrogen) atoms. The molecule has 8 nitrogen and oxygen atoms in total. The van der Waals surface area contributed by atoms with Crippen molar-refractivity contribution in [3.63, 3.8) is 0 Å². The Balaban J connectivity index is 1.73. The Kier molecular flexibility index (Phi) is 5.21. The Morgan fingerprint density at radius 3 is 2.47 bits per heavy atom. The molecule has 0 aliphatic carbocycles. The topological polar surface area (TPSA) is 87.6 Å². The number of methoxy groups -OCH3 is 1. The summed E-state index contributed by atoms with van der Waals surface area (Å²) in [7, 11) is 4.77. The first kappa shape index (κ1) is 21.8. The maximum Gasteiger partial charge on any atom is 0.338 e. The number of esters is 1. The van der Waals surface area contributed by atoms with Crippen molar-refractivity contribution >= 4 is 34.4 Å². The van der Waals surface area contributed by atoms with Crippen molar-refractivity contribution in [3.8, 4) is 0 Å². The predicted octanol–water partition coefficient (Wildman–Crippen LogP) is 1.60. The fourth-order valence-corrected chi connectivity index (χ4v) is 5.45. The van der Waals surface area contributed by atoms with Gasteiger partial charge in [0, 0.05) is 14.1 Å². The molecule has 0 fully saturated rings. The minimum Gasteiger partial charge on any atom is -0.466 e. The maximum atomic E-state index is 13.6. The second-order valence-electron chi connectivity index (χ2n) is 8.13. The van der Waals surface area contributed by atoms with E-state index in [1.165, 1.54) is 18.4 Å². The molecule has 5 rings (SSSR count). The summed E-state index contributed by atoms with van der Waals surface area (Å²) in [5, 5.41) is 0. The molecule has 0 saturated carbocycles. The van der Waals surface area contributed by atoms with E-state index in [1.54, 1.807) is 40.8 Å². The van der Waals surface area contributed by atoms with Gasteiger partial charge in [-0.3, -0.25) is 18.5 Å². The van der Waals surface area contributed by atoms with Gasteiger partial charge in [-0.25, -0.2) is 14.6 Å². The molecule has 0 N–H and O–H groups in total. The van der Waals surface area contributed by atoms with Crippen LogP contribution in [0, 0.1) is 0 Å². The second kappa shape index (κ2) is 8.11. The van der Waals surface area contributed by atoms with Crippen molar-refractivity contribution in [1.29, 1.82) is 0 Å². The van der Waals surface area contributed by atoms with Gasteiger partial charge < -0.3 is 4.74 Å². The Morgan fingerprint density at radius 1 is 1.06 bits per heavy atom. The van der Waals surface area contributed by atoms with E-state index in [2.05, 4.69) is 4.99 Å². The monoisotopic (exact) mass is 474 g/mol. The van der Waals surface area contributed by atoms with Gasteiger partial charge in [-0.1, -0.05) is 47.7 Å². The summed E-state index contributed by atoms with van der Waals surface area (Å²) in [5.41, 5.74) is 3.69. The van der Waals surface area contributed by atoms with Crippen LogP contribution in [0.3, 0.4) is 0 Å². The summed E-state index contributed by atoms with van der Waals surface area (Å²) in [5.74, 6) is -0.514. The highest BCUT2D eigenvalue weighted by Gasteiger charge is 2.32. The highest BCUT2D eigenvalue weighted by atomic mass is 32.1. The Bertz CT molecular complexity index is 1740. The van der Waals surface area contributed by atoms with Gasteiger partial charge in [0.25, 0.3) is 5.56 Å². The molecular formula is C25H22N4O4S. The lowest BCUT2D eigenvalue weighted by Crippen LogP contribution is -2.39. The number of ether oxygens (including phenoxy) is 1. The number of thiazole rings is 1. The first-order valence-corrected chi connectivity index (χ1v) is 11.4. The number of rotatable bonds is 3. The summed E-state index contributed by atoms with van der Waals surface area (Å²) >= 11 is 1.27. The van der Waals surface area contributed by atoms with E-state index in [-0.39, 0.29) is 11.2 Å². The predicted molar refractivity (Wildman–Crippen MR) is 130 cm³/mol. The van der Waals surface area contributed by atoms with E-state index in [0.717, 1.165) is 22.2 Å². The molecule has 1 atom stereocenters.